The Morgan fingerprint density at radius 3 is 2.21 bits per heavy atom. The van der Waals surface area contributed by atoms with E-state index in [4.69, 9.17) is 0 Å². The van der Waals surface area contributed by atoms with Crippen LogP contribution in [0.5, 0.6) is 0 Å². The van der Waals surface area contributed by atoms with Crippen LogP contribution >= 0.6 is 0 Å². The van der Waals surface area contributed by atoms with Gasteiger partial charge in [0.2, 0.25) is 0 Å². The lowest BCUT2D eigenvalue weighted by Crippen LogP contribution is -2.20. The van der Waals surface area contributed by atoms with Gasteiger partial charge in [0.25, 0.3) is 0 Å². The molecule has 0 aliphatic heterocycles. The summed E-state index contributed by atoms with van der Waals surface area (Å²) in [6.45, 7) is 7.83. The molecular weight excluding hydrogens is 196 g/mol. The monoisotopic (exact) mass is 218 g/mol. The average Bonchev–Trinajstić information content (AvgIpc) is 2.10. The maximum absolute atomic E-state index is 11.7. The summed E-state index contributed by atoms with van der Waals surface area (Å²) in [5.74, 6) is 1.45. The molecule has 14 heavy (non-hydrogen) atoms. The Hall–Kier alpha value is -0.180. The van der Waals surface area contributed by atoms with E-state index in [-0.39, 0.29) is 11.0 Å². The molecule has 0 aliphatic rings. The van der Waals surface area contributed by atoms with Gasteiger partial charge in [-0.25, -0.2) is 0 Å². The van der Waals surface area contributed by atoms with E-state index in [9.17, 15) is 9.00 Å². The lowest BCUT2D eigenvalue weighted by Gasteiger charge is -2.14. The summed E-state index contributed by atoms with van der Waals surface area (Å²) in [6, 6.07) is 0. The molecule has 0 aromatic carbocycles. The molecule has 2 nitrogen and oxygen atoms in total. The molecular formula is C11H22O2S. The first-order valence-corrected chi connectivity index (χ1v) is 6.70. The van der Waals surface area contributed by atoms with Crippen LogP contribution in [0.4, 0.5) is 0 Å². The van der Waals surface area contributed by atoms with Crippen molar-refractivity contribution < 1.29 is 9.00 Å². The fraction of sp³-hybridized carbons (Fsp3) is 0.909. The van der Waals surface area contributed by atoms with Gasteiger partial charge in [-0.05, 0) is 25.7 Å². The second-order valence-corrected chi connectivity index (χ2v) is 6.11. The smallest absolute Gasteiger partial charge is 0.129 e. The van der Waals surface area contributed by atoms with Gasteiger partial charge in [-0.3, -0.25) is 4.21 Å². The summed E-state index contributed by atoms with van der Waals surface area (Å²) in [5, 5.41) is 0.271. The van der Waals surface area contributed by atoms with E-state index in [2.05, 4.69) is 13.8 Å². The number of ketones is 1. The van der Waals surface area contributed by atoms with Gasteiger partial charge in [-0.2, -0.15) is 0 Å². The Kier molecular flexibility index (Phi) is 7.06. The van der Waals surface area contributed by atoms with Gasteiger partial charge in [0.1, 0.15) is 5.78 Å². The maximum Gasteiger partial charge on any atom is 0.129 e. The fourth-order valence-electron chi connectivity index (χ4n) is 1.11. The van der Waals surface area contributed by atoms with Gasteiger partial charge in [0.05, 0.1) is 0 Å². The van der Waals surface area contributed by atoms with Gasteiger partial charge in [0, 0.05) is 28.2 Å². The molecule has 0 bridgehead atoms. The number of unbranched alkanes of at least 4 members (excludes halogenated alkanes) is 1. The second kappa shape index (κ2) is 7.16. The third-order valence-electron chi connectivity index (χ3n) is 2.48. The number of carbonyl (C=O) groups is 1. The van der Waals surface area contributed by atoms with Gasteiger partial charge < -0.3 is 4.79 Å². The van der Waals surface area contributed by atoms with E-state index in [0.29, 0.717) is 12.3 Å². The first-order valence-electron chi connectivity index (χ1n) is 5.31. The first kappa shape index (κ1) is 13.8. The van der Waals surface area contributed by atoms with E-state index in [1.54, 1.807) is 6.92 Å². The number of carbonyl (C=O) groups excluding carboxylic acids is 1. The zero-order valence-corrected chi connectivity index (χ0v) is 10.5. The van der Waals surface area contributed by atoms with Crippen molar-refractivity contribution in [2.45, 2.75) is 52.2 Å². The van der Waals surface area contributed by atoms with Crippen molar-refractivity contribution in [3.8, 4) is 0 Å². The largest absolute Gasteiger partial charge is 0.300 e. The van der Waals surface area contributed by atoms with Crippen LogP contribution in [0.15, 0.2) is 0 Å². The molecule has 0 N–H and O–H groups in total. The first-order chi connectivity index (χ1) is 6.45. The maximum atomic E-state index is 11.7. The Morgan fingerprint density at radius 1 is 1.21 bits per heavy atom. The summed E-state index contributed by atoms with van der Waals surface area (Å²) in [6.07, 6.45) is 2.42. The van der Waals surface area contributed by atoms with E-state index in [1.807, 2.05) is 6.92 Å². The fourth-order valence-corrected chi connectivity index (χ4v) is 2.58. The zero-order chi connectivity index (χ0) is 11.1. The molecule has 0 saturated heterocycles. The molecule has 0 spiro atoms. The summed E-state index contributed by atoms with van der Waals surface area (Å²) in [4.78, 5) is 10.7. The van der Waals surface area contributed by atoms with Crippen molar-refractivity contribution in [3.63, 3.8) is 0 Å². The van der Waals surface area contributed by atoms with Crippen molar-refractivity contribution >= 4 is 16.6 Å². The minimum Gasteiger partial charge on any atom is -0.300 e. The Labute approximate surface area is 89.9 Å². The number of rotatable bonds is 7. The number of Topliss-reactive ketones (excluding diaryl/α,β-unsaturated/α-hetero) is 1. The molecule has 3 heteroatoms. The van der Waals surface area contributed by atoms with Crippen LogP contribution in [0, 0.1) is 5.92 Å². The van der Waals surface area contributed by atoms with E-state index < -0.39 is 10.8 Å². The van der Waals surface area contributed by atoms with Crippen LogP contribution in [-0.4, -0.2) is 21.0 Å². The van der Waals surface area contributed by atoms with Crippen molar-refractivity contribution in [2.24, 2.45) is 5.92 Å². The highest BCUT2D eigenvalue weighted by Gasteiger charge is 2.14. The molecule has 0 aromatic heterocycles. The highest BCUT2D eigenvalue weighted by Crippen LogP contribution is 2.10. The van der Waals surface area contributed by atoms with Crippen LogP contribution in [-0.2, 0) is 15.6 Å². The molecule has 2 unspecified atom stereocenters. The van der Waals surface area contributed by atoms with Crippen LogP contribution < -0.4 is 0 Å². The standard InChI is InChI=1S/C11H22O2S/c1-9(2)11(4)14(13)8-6-5-7-10(3)12/h9,11H,5-8H2,1-4H3. The molecule has 0 aromatic rings. The van der Waals surface area contributed by atoms with Gasteiger partial charge in [-0.15, -0.1) is 0 Å². The quantitative estimate of drug-likeness (QED) is 0.615. The summed E-state index contributed by atoms with van der Waals surface area (Å²) >= 11 is 0. The molecule has 0 saturated carbocycles. The normalized spacial score (nSPS) is 15.5. The Morgan fingerprint density at radius 2 is 1.79 bits per heavy atom. The van der Waals surface area contributed by atoms with Gasteiger partial charge in [-0.1, -0.05) is 20.8 Å². The molecule has 84 valence electrons. The Bertz CT molecular complexity index is 199. The topological polar surface area (TPSA) is 34.1 Å². The molecule has 2 atom stereocenters. The third-order valence-corrected chi connectivity index (χ3v) is 4.54. The third kappa shape index (κ3) is 6.30. The van der Waals surface area contributed by atoms with Crippen molar-refractivity contribution in [1.82, 2.24) is 0 Å². The predicted octanol–water partition coefficient (Wildman–Crippen LogP) is 2.54. The molecule has 0 rings (SSSR count). The second-order valence-electron chi connectivity index (χ2n) is 4.19. The minimum atomic E-state index is -0.721. The minimum absolute atomic E-state index is 0.229. The van der Waals surface area contributed by atoms with E-state index in [1.165, 1.54) is 0 Å². The number of hydrogen-bond donors (Lipinski definition) is 0. The highest BCUT2D eigenvalue weighted by atomic mass is 32.2. The summed E-state index contributed by atoms with van der Waals surface area (Å²) < 4.78 is 11.7. The van der Waals surface area contributed by atoms with Gasteiger partial charge in [0.15, 0.2) is 0 Å². The van der Waals surface area contributed by atoms with Crippen LogP contribution in [0.3, 0.4) is 0 Å². The lowest BCUT2D eigenvalue weighted by molar-refractivity contribution is -0.117. The van der Waals surface area contributed by atoms with Crippen molar-refractivity contribution in [2.75, 3.05) is 5.75 Å². The van der Waals surface area contributed by atoms with Crippen LogP contribution in [0.2, 0.25) is 0 Å². The highest BCUT2D eigenvalue weighted by molar-refractivity contribution is 7.85. The van der Waals surface area contributed by atoms with Crippen LogP contribution in [0.25, 0.3) is 0 Å². The van der Waals surface area contributed by atoms with Crippen molar-refractivity contribution in [1.29, 1.82) is 0 Å². The summed E-state index contributed by atoms with van der Waals surface area (Å²) in [5.41, 5.74) is 0. The summed E-state index contributed by atoms with van der Waals surface area (Å²) in [7, 11) is -0.721. The van der Waals surface area contributed by atoms with E-state index >= 15 is 0 Å². The SMILES string of the molecule is CC(=O)CCCCS(=O)C(C)C(C)C. The molecule has 0 heterocycles. The van der Waals surface area contributed by atoms with Crippen LogP contribution in [0.1, 0.15) is 47.0 Å². The average molecular weight is 218 g/mol. The zero-order valence-electron chi connectivity index (χ0n) is 9.71. The van der Waals surface area contributed by atoms with E-state index in [0.717, 1.165) is 18.6 Å². The Balaban J connectivity index is 3.59. The molecule has 0 radical (unpaired) electrons. The van der Waals surface area contributed by atoms with Crippen molar-refractivity contribution in [3.05, 3.63) is 0 Å². The molecule has 0 amide bonds. The van der Waals surface area contributed by atoms with Gasteiger partial charge >= 0.3 is 0 Å². The molecule has 0 aliphatic carbocycles. The lowest BCUT2D eigenvalue weighted by atomic mass is 10.2. The number of hydrogen-bond acceptors (Lipinski definition) is 2. The predicted molar refractivity (Wildman–Crippen MR) is 61.8 cm³/mol. The molecule has 0 fully saturated rings.